The second-order valence-electron chi connectivity index (χ2n) is 4.41. The van der Waals surface area contributed by atoms with Crippen LogP contribution in [0.15, 0.2) is 12.7 Å². The molecule has 0 spiro atoms. The van der Waals surface area contributed by atoms with E-state index in [9.17, 15) is 0 Å². The van der Waals surface area contributed by atoms with Crippen molar-refractivity contribution < 1.29 is 0 Å². The van der Waals surface area contributed by atoms with E-state index in [-0.39, 0.29) is 0 Å². The van der Waals surface area contributed by atoms with E-state index in [2.05, 4.69) is 20.4 Å². The lowest BCUT2D eigenvalue weighted by molar-refractivity contribution is 0.555. The van der Waals surface area contributed by atoms with E-state index in [1.165, 1.54) is 23.1 Å². The van der Waals surface area contributed by atoms with Crippen molar-refractivity contribution in [1.82, 2.24) is 0 Å². The monoisotopic (exact) mass is 204 g/mol. The number of halogens is 1. The van der Waals surface area contributed by atoms with Gasteiger partial charge in [-0.05, 0) is 24.3 Å². The number of rotatable bonds is 6. The second kappa shape index (κ2) is 5.82. The Labute approximate surface area is 84.8 Å². The molecular weight excluding hydrogens is 184 g/mol. The quantitative estimate of drug-likeness (QED) is 0.270. The van der Waals surface area contributed by atoms with Gasteiger partial charge in [0.15, 0.2) is 0 Å². The van der Waals surface area contributed by atoms with Crippen LogP contribution in [0.2, 0.25) is 5.04 Å². The molecule has 0 nitrogen and oxygen atoms in total. The Kier molecular flexibility index (Phi) is 5.94. The van der Waals surface area contributed by atoms with Crippen molar-refractivity contribution in [3.05, 3.63) is 12.7 Å². The van der Waals surface area contributed by atoms with Crippen LogP contribution in [0.5, 0.6) is 0 Å². The van der Waals surface area contributed by atoms with Crippen LogP contribution in [-0.2, 0) is 0 Å². The average molecular weight is 205 g/mol. The van der Waals surface area contributed by atoms with Crippen molar-refractivity contribution in [2.75, 3.05) is 0 Å². The molecule has 1 unspecified atom stereocenters. The summed E-state index contributed by atoms with van der Waals surface area (Å²) in [4.78, 5) is 0. The molecule has 0 fully saturated rings. The lowest BCUT2D eigenvalue weighted by Gasteiger charge is -2.24. The van der Waals surface area contributed by atoms with Crippen molar-refractivity contribution in [2.24, 2.45) is 0 Å². The van der Waals surface area contributed by atoms with Gasteiger partial charge < -0.3 is 0 Å². The molecule has 2 heteroatoms. The summed E-state index contributed by atoms with van der Waals surface area (Å²) in [5.74, 6) is 0. The van der Waals surface area contributed by atoms with Crippen LogP contribution in [0.4, 0.5) is 0 Å². The molecule has 0 saturated heterocycles. The van der Waals surface area contributed by atoms with Crippen LogP contribution in [0, 0.1) is 0 Å². The summed E-state index contributed by atoms with van der Waals surface area (Å²) < 4.78 is 0. The van der Waals surface area contributed by atoms with Gasteiger partial charge in [0.2, 0.25) is 0 Å². The number of allylic oxidation sites excluding steroid dienone is 1. The van der Waals surface area contributed by atoms with Gasteiger partial charge in [0, 0.05) is 15.6 Å². The van der Waals surface area contributed by atoms with Gasteiger partial charge in [-0.25, -0.2) is 0 Å². The minimum absolute atomic E-state index is 0.369. The predicted molar refractivity (Wildman–Crippen MR) is 62.3 cm³/mol. The minimum atomic E-state index is 0.369. The molecule has 1 atom stereocenters. The smallest absolute Gasteiger partial charge is 0.0354 e. The van der Waals surface area contributed by atoms with Crippen LogP contribution in [0.1, 0.15) is 39.5 Å². The molecule has 72 valence electrons. The van der Waals surface area contributed by atoms with E-state index in [0.717, 1.165) is 12.8 Å². The number of alkyl halides is 1. The maximum absolute atomic E-state index is 6.24. The fraction of sp³-hybridized carbons (Fsp3) is 0.800. The van der Waals surface area contributed by atoms with E-state index < -0.39 is 0 Å². The Morgan fingerprint density at radius 1 is 1.50 bits per heavy atom. The van der Waals surface area contributed by atoms with Gasteiger partial charge in [0.25, 0.3) is 0 Å². The van der Waals surface area contributed by atoms with Gasteiger partial charge in [0.1, 0.15) is 0 Å². The normalized spacial score (nSPS) is 14.6. The van der Waals surface area contributed by atoms with Gasteiger partial charge in [-0.3, -0.25) is 0 Å². The molecule has 0 amide bonds. The van der Waals surface area contributed by atoms with Crippen LogP contribution in [-0.4, -0.2) is 15.6 Å². The van der Waals surface area contributed by atoms with Crippen molar-refractivity contribution in [2.45, 2.75) is 49.9 Å². The standard InChI is InChI=1S/C10H21ClSi/c1-4-5-6-7-8-9(11)10(2,3)12/h4,9H,1,5-8H2,2-3,12H3. The molecule has 0 saturated carbocycles. The summed E-state index contributed by atoms with van der Waals surface area (Å²) in [5.41, 5.74) is 0. The Morgan fingerprint density at radius 2 is 2.08 bits per heavy atom. The third kappa shape index (κ3) is 5.84. The Bertz CT molecular complexity index is 126. The minimum Gasteiger partial charge on any atom is -0.123 e. The second-order valence-corrected chi connectivity index (χ2v) is 7.51. The van der Waals surface area contributed by atoms with Gasteiger partial charge in [0.05, 0.1) is 0 Å². The molecule has 0 heterocycles. The lowest BCUT2D eigenvalue weighted by Crippen LogP contribution is -2.17. The predicted octanol–water partition coefficient (Wildman–Crippen LogP) is 2.90. The number of hydrogen-bond donors (Lipinski definition) is 0. The first kappa shape index (κ1) is 12.2. The van der Waals surface area contributed by atoms with Crippen LogP contribution >= 0.6 is 11.6 Å². The molecule has 0 radical (unpaired) electrons. The fourth-order valence-electron chi connectivity index (χ4n) is 1.05. The molecular formula is C10H21ClSi. The summed E-state index contributed by atoms with van der Waals surface area (Å²) in [6, 6.07) is 0. The molecule has 0 bridgehead atoms. The van der Waals surface area contributed by atoms with E-state index >= 15 is 0 Å². The Hall–Kier alpha value is 0.247. The largest absolute Gasteiger partial charge is 0.123 e. The third-order valence-corrected chi connectivity index (χ3v) is 3.99. The highest BCUT2D eigenvalue weighted by atomic mass is 35.5. The van der Waals surface area contributed by atoms with Crippen LogP contribution in [0.25, 0.3) is 0 Å². The highest BCUT2D eigenvalue weighted by Crippen LogP contribution is 2.32. The van der Waals surface area contributed by atoms with Crippen LogP contribution < -0.4 is 0 Å². The average Bonchev–Trinajstić information content (AvgIpc) is 1.96. The van der Waals surface area contributed by atoms with E-state index in [4.69, 9.17) is 11.6 Å². The molecule has 0 N–H and O–H groups in total. The molecule has 0 rings (SSSR count). The van der Waals surface area contributed by atoms with E-state index in [0.29, 0.717) is 10.4 Å². The topological polar surface area (TPSA) is 0 Å². The van der Waals surface area contributed by atoms with Gasteiger partial charge >= 0.3 is 0 Å². The first-order chi connectivity index (χ1) is 5.48. The van der Waals surface area contributed by atoms with Crippen molar-refractivity contribution in [3.8, 4) is 0 Å². The SMILES string of the molecule is C=CCCCCC(Cl)C(C)(C)[SiH3]. The fourth-order valence-corrected chi connectivity index (χ4v) is 1.49. The van der Waals surface area contributed by atoms with Crippen molar-refractivity contribution in [1.29, 1.82) is 0 Å². The molecule has 12 heavy (non-hydrogen) atoms. The summed E-state index contributed by atoms with van der Waals surface area (Å²) in [6.07, 6.45) is 6.75. The molecule has 0 aliphatic carbocycles. The lowest BCUT2D eigenvalue weighted by atomic mass is 10.0. The number of hydrogen-bond acceptors (Lipinski definition) is 0. The Balaban J connectivity index is 3.44. The molecule has 0 aromatic carbocycles. The van der Waals surface area contributed by atoms with Gasteiger partial charge in [-0.15, -0.1) is 18.2 Å². The molecule has 0 aliphatic rings. The zero-order chi connectivity index (χ0) is 9.61. The Morgan fingerprint density at radius 3 is 2.50 bits per heavy atom. The van der Waals surface area contributed by atoms with Crippen molar-refractivity contribution >= 4 is 21.8 Å². The summed E-state index contributed by atoms with van der Waals surface area (Å²) >= 11 is 6.24. The first-order valence-corrected chi connectivity index (χ1v) is 6.17. The molecule has 0 aliphatic heterocycles. The zero-order valence-corrected chi connectivity index (χ0v) is 11.3. The maximum Gasteiger partial charge on any atom is 0.0354 e. The van der Waals surface area contributed by atoms with Crippen LogP contribution in [0.3, 0.4) is 0 Å². The highest BCUT2D eigenvalue weighted by molar-refractivity contribution is 6.28. The maximum atomic E-state index is 6.24. The first-order valence-electron chi connectivity index (χ1n) is 4.73. The molecule has 0 aromatic heterocycles. The highest BCUT2D eigenvalue weighted by Gasteiger charge is 2.20. The molecule has 0 aromatic rings. The van der Waals surface area contributed by atoms with Gasteiger partial charge in [-0.2, -0.15) is 0 Å². The van der Waals surface area contributed by atoms with E-state index in [1.807, 2.05) is 6.08 Å². The zero-order valence-electron chi connectivity index (χ0n) is 8.57. The summed E-state index contributed by atoms with van der Waals surface area (Å²) in [7, 11) is 1.18. The van der Waals surface area contributed by atoms with E-state index in [1.54, 1.807) is 0 Å². The summed E-state index contributed by atoms with van der Waals surface area (Å²) in [6.45, 7) is 8.21. The van der Waals surface area contributed by atoms with Gasteiger partial charge in [-0.1, -0.05) is 26.3 Å². The third-order valence-electron chi connectivity index (χ3n) is 2.06. The van der Waals surface area contributed by atoms with Crippen molar-refractivity contribution in [3.63, 3.8) is 0 Å². The summed E-state index contributed by atoms with van der Waals surface area (Å²) in [5, 5.41) is 0.754. The number of unbranched alkanes of at least 4 members (excludes halogenated alkanes) is 2.